The highest BCUT2D eigenvalue weighted by atomic mass is 16.2. The van der Waals surface area contributed by atoms with Gasteiger partial charge in [0.25, 0.3) is 5.91 Å². The molecule has 2 amide bonds. The molecule has 0 atom stereocenters. The number of rotatable bonds is 15. The summed E-state index contributed by atoms with van der Waals surface area (Å²) in [6.45, 7) is 4.38. The molecule has 0 bridgehead atoms. The molecule has 0 aromatic heterocycles. The van der Waals surface area contributed by atoms with E-state index in [0.29, 0.717) is 17.7 Å². The summed E-state index contributed by atoms with van der Waals surface area (Å²) in [6.07, 6.45) is 14.9. The standard InChI is InChI=1S/C23H37N3O2/c1-3-5-7-9-11-13-19-24-26-23(28)20-15-17-21(18-16-20)25-22(27)14-12-10-8-6-4-2/h15-19H,3-14H2,1-2H3,(H,25,27)(H,26,28). The monoisotopic (exact) mass is 387 g/mol. The van der Waals surface area contributed by atoms with Crippen molar-refractivity contribution in [3.8, 4) is 0 Å². The van der Waals surface area contributed by atoms with Gasteiger partial charge in [-0.15, -0.1) is 0 Å². The lowest BCUT2D eigenvalue weighted by Crippen LogP contribution is -2.17. The fraction of sp³-hybridized carbons (Fsp3) is 0.609. The first-order chi connectivity index (χ1) is 13.7. The minimum absolute atomic E-state index is 0.0252. The van der Waals surface area contributed by atoms with E-state index in [9.17, 15) is 9.59 Å². The molecule has 0 heterocycles. The van der Waals surface area contributed by atoms with Gasteiger partial charge in [0.1, 0.15) is 0 Å². The van der Waals surface area contributed by atoms with Crippen molar-refractivity contribution >= 4 is 23.7 Å². The molecule has 0 fully saturated rings. The molecule has 5 heteroatoms. The highest BCUT2D eigenvalue weighted by Gasteiger charge is 2.06. The van der Waals surface area contributed by atoms with Crippen molar-refractivity contribution in [3.05, 3.63) is 29.8 Å². The molecule has 1 rings (SSSR count). The summed E-state index contributed by atoms with van der Waals surface area (Å²) in [5, 5.41) is 6.88. The van der Waals surface area contributed by atoms with Gasteiger partial charge in [-0.3, -0.25) is 9.59 Å². The number of hydrogen-bond donors (Lipinski definition) is 2. The third kappa shape index (κ3) is 11.5. The summed E-state index contributed by atoms with van der Waals surface area (Å²) in [4.78, 5) is 24.0. The average molecular weight is 388 g/mol. The van der Waals surface area contributed by atoms with Gasteiger partial charge >= 0.3 is 0 Å². The van der Waals surface area contributed by atoms with Gasteiger partial charge in [0.2, 0.25) is 5.91 Å². The molecule has 5 nitrogen and oxygen atoms in total. The average Bonchev–Trinajstić information content (AvgIpc) is 2.70. The molecule has 1 aromatic carbocycles. The molecule has 156 valence electrons. The minimum Gasteiger partial charge on any atom is -0.326 e. The van der Waals surface area contributed by atoms with E-state index in [0.717, 1.165) is 25.7 Å². The number of benzene rings is 1. The predicted molar refractivity (Wildman–Crippen MR) is 118 cm³/mol. The van der Waals surface area contributed by atoms with Crippen molar-refractivity contribution in [1.82, 2.24) is 5.43 Å². The van der Waals surface area contributed by atoms with Crippen molar-refractivity contribution in [2.24, 2.45) is 5.10 Å². The lowest BCUT2D eigenvalue weighted by Gasteiger charge is -2.06. The van der Waals surface area contributed by atoms with Gasteiger partial charge in [-0.05, 0) is 43.5 Å². The third-order valence-corrected chi connectivity index (χ3v) is 4.63. The summed E-state index contributed by atoms with van der Waals surface area (Å²) in [5.74, 6) is -0.215. The normalized spacial score (nSPS) is 10.9. The van der Waals surface area contributed by atoms with Crippen LogP contribution in [0.5, 0.6) is 0 Å². The molecule has 0 saturated carbocycles. The summed E-state index contributed by atoms with van der Waals surface area (Å²) in [5.41, 5.74) is 3.79. The van der Waals surface area contributed by atoms with E-state index in [1.807, 2.05) is 0 Å². The van der Waals surface area contributed by atoms with Crippen molar-refractivity contribution in [2.45, 2.75) is 90.9 Å². The van der Waals surface area contributed by atoms with Crippen molar-refractivity contribution in [1.29, 1.82) is 0 Å². The Morgan fingerprint density at radius 3 is 2.11 bits per heavy atom. The van der Waals surface area contributed by atoms with E-state index in [-0.39, 0.29) is 11.8 Å². The quantitative estimate of drug-likeness (QED) is 0.218. The molecule has 2 N–H and O–H groups in total. The molecule has 0 aliphatic carbocycles. The molecule has 0 saturated heterocycles. The number of nitrogens with zero attached hydrogens (tertiary/aromatic N) is 1. The molecule has 1 aromatic rings. The number of nitrogens with one attached hydrogen (secondary N) is 2. The number of carbonyl (C=O) groups excluding carboxylic acids is 2. The van der Waals surface area contributed by atoms with Crippen LogP contribution >= 0.6 is 0 Å². The van der Waals surface area contributed by atoms with Crippen LogP contribution in [0.25, 0.3) is 0 Å². The number of unbranched alkanes of at least 4 members (excludes halogenated alkanes) is 9. The molecule has 28 heavy (non-hydrogen) atoms. The molecule has 0 aliphatic rings. The third-order valence-electron chi connectivity index (χ3n) is 4.63. The Kier molecular flexibility index (Phi) is 13.5. The first-order valence-electron chi connectivity index (χ1n) is 10.9. The van der Waals surface area contributed by atoms with Crippen molar-refractivity contribution in [2.75, 3.05) is 5.32 Å². The van der Waals surface area contributed by atoms with Crippen LogP contribution in [0.3, 0.4) is 0 Å². The molecule has 0 spiro atoms. The Morgan fingerprint density at radius 1 is 0.857 bits per heavy atom. The fourth-order valence-corrected chi connectivity index (χ4v) is 2.89. The van der Waals surface area contributed by atoms with E-state index < -0.39 is 0 Å². The van der Waals surface area contributed by atoms with E-state index in [2.05, 4.69) is 29.7 Å². The van der Waals surface area contributed by atoms with Crippen LogP contribution in [0.4, 0.5) is 5.69 Å². The van der Waals surface area contributed by atoms with Gasteiger partial charge < -0.3 is 5.32 Å². The Labute approximate surface area is 170 Å². The molecular formula is C23H37N3O2. The van der Waals surface area contributed by atoms with Crippen LogP contribution in [0.1, 0.15) is 101 Å². The zero-order valence-electron chi connectivity index (χ0n) is 17.6. The first kappa shape index (κ1) is 23.9. The maximum absolute atomic E-state index is 12.1. The number of carbonyl (C=O) groups is 2. The second-order valence-electron chi connectivity index (χ2n) is 7.25. The Morgan fingerprint density at radius 2 is 1.46 bits per heavy atom. The predicted octanol–water partition coefficient (Wildman–Crippen LogP) is 6.06. The van der Waals surface area contributed by atoms with E-state index >= 15 is 0 Å². The second-order valence-corrected chi connectivity index (χ2v) is 7.25. The zero-order valence-corrected chi connectivity index (χ0v) is 17.6. The smallest absolute Gasteiger partial charge is 0.271 e. The maximum Gasteiger partial charge on any atom is 0.271 e. The SMILES string of the molecule is CCCCCCCC=NNC(=O)c1ccc(NC(=O)CCCCCCC)cc1. The Bertz CT molecular complexity index is 582. The van der Waals surface area contributed by atoms with Crippen molar-refractivity contribution < 1.29 is 9.59 Å². The number of amides is 2. The fourth-order valence-electron chi connectivity index (χ4n) is 2.89. The van der Waals surface area contributed by atoms with Crippen LogP contribution in [-0.2, 0) is 4.79 Å². The lowest BCUT2D eigenvalue weighted by molar-refractivity contribution is -0.116. The number of hydrazone groups is 1. The largest absolute Gasteiger partial charge is 0.326 e. The summed E-state index contributed by atoms with van der Waals surface area (Å²) in [7, 11) is 0. The Balaban J connectivity index is 2.25. The summed E-state index contributed by atoms with van der Waals surface area (Å²) in [6, 6.07) is 6.90. The van der Waals surface area contributed by atoms with Gasteiger partial charge in [-0.1, -0.05) is 65.2 Å². The van der Waals surface area contributed by atoms with Crippen LogP contribution < -0.4 is 10.7 Å². The van der Waals surface area contributed by atoms with Crippen LogP contribution in [0.2, 0.25) is 0 Å². The molecule has 0 unspecified atom stereocenters. The van der Waals surface area contributed by atoms with Gasteiger partial charge in [0.15, 0.2) is 0 Å². The van der Waals surface area contributed by atoms with Crippen LogP contribution in [0.15, 0.2) is 29.4 Å². The topological polar surface area (TPSA) is 70.6 Å². The number of anilines is 1. The van der Waals surface area contributed by atoms with Crippen LogP contribution in [-0.4, -0.2) is 18.0 Å². The van der Waals surface area contributed by atoms with E-state index in [1.165, 1.54) is 44.9 Å². The van der Waals surface area contributed by atoms with Gasteiger partial charge in [0.05, 0.1) is 0 Å². The second kappa shape index (κ2) is 15.8. The highest BCUT2D eigenvalue weighted by molar-refractivity contribution is 5.95. The Hall–Kier alpha value is -2.17. The van der Waals surface area contributed by atoms with Gasteiger partial charge in [0, 0.05) is 23.9 Å². The lowest BCUT2D eigenvalue weighted by atomic mass is 10.1. The van der Waals surface area contributed by atoms with Crippen LogP contribution in [0, 0.1) is 0 Å². The van der Waals surface area contributed by atoms with E-state index in [4.69, 9.17) is 0 Å². The highest BCUT2D eigenvalue weighted by Crippen LogP contribution is 2.11. The summed E-state index contributed by atoms with van der Waals surface area (Å²) < 4.78 is 0. The zero-order chi connectivity index (χ0) is 20.5. The molecule has 0 radical (unpaired) electrons. The maximum atomic E-state index is 12.1. The van der Waals surface area contributed by atoms with Gasteiger partial charge in [-0.2, -0.15) is 5.10 Å². The molecule has 0 aliphatic heterocycles. The van der Waals surface area contributed by atoms with E-state index in [1.54, 1.807) is 30.5 Å². The van der Waals surface area contributed by atoms with Crippen molar-refractivity contribution in [3.63, 3.8) is 0 Å². The van der Waals surface area contributed by atoms with Gasteiger partial charge in [-0.25, -0.2) is 5.43 Å². The summed E-state index contributed by atoms with van der Waals surface area (Å²) >= 11 is 0. The minimum atomic E-state index is -0.240. The number of hydrogen-bond acceptors (Lipinski definition) is 3. The first-order valence-corrected chi connectivity index (χ1v) is 10.9. The molecular weight excluding hydrogens is 350 g/mol.